The molecular weight excluding hydrogens is 342 g/mol. The normalized spacial score (nSPS) is 15.8. The second-order valence-electron chi connectivity index (χ2n) is 7.10. The number of aromatic nitrogens is 2. The highest BCUT2D eigenvalue weighted by Crippen LogP contribution is 2.14. The number of anilines is 1. The van der Waals surface area contributed by atoms with Crippen LogP contribution in [0.25, 0.3) is 5.69 Å². The van der Waals surface area contributed by atoms with Gasteiger partial charge in [-0.1, -0.05) is 25.1 Å². The summed E-state index contributed by atoms with van der Waals surface area (Å²) in [5.41, 5.74) is 1.67. The number of nitrogens with one attached hydrogen (secondary N) is 1. The molecule has 1 aromatic heterocycles. The Morgan fingerprint density at radius 3 is 2.33 bits per heavy atom. The number of hydrogen-bond acceptors (Lipinski definition) is 4. The van der Waals surface area contributed by atoms with Gasteiger partial charge in [0.25, 0.3) is 5.56 Å². The predicted molar refractivity (Wildman–Crippen MR) is 108 cm³/mol. The lowest BCUT2D eigenvalue weighted by Gasteiger charge is -2.34. The van der Waals surface area contributed by atoms with Gasteiger partial charge in [0.1, 0.15) is 5.69 Å². The second-order valence-corrected chi connectivity index (χ2v) is 7.10. The van der Waals surface area contributed by atoms with Crippen LogP contribution in [0.5, 0.6) is 0 Å². The summed E-state index contributed by atoms with van der Waals surface area (Å²) in [6.07, 6.45) is 1.15. The molecule has 7 heteroatoms. The fourth-order valence-electron chi connectivity index (χ4n) is 3.58. The van der Waals surface area contributed by atoms with Gasteiger partial charge < -0.3 is 10.2 Å². The third-order valence-electron chi connectivity index (χ3n) is 5.19. The molecule has 3 rings (SSSR count). The molecular formula is C20H29N5O2. The summed E-state index contributed by atoms with van der Waals surface area (Å²) in [6, 6.07) is 9.44. The van der Waals surface area contributed by atoms with Crippen LogP contribution in [0.1, 0.15) is 19.0 Å². The summed E-state index contributed by atoms with van der Waals surface area (Å²) in [5.74, 6) is -0.134. The van der Waals surface area contributed by atoms with Crippen molar-refractivity contribution in [1.29, 1.82) is 0 Å². The average Bonchev–Trinajstić information content (AvgIpc) is 2.87. The molecule has 0 saturated carbocycles. The van der Waals surface area contributed by atoms with Crippen LogP contribution >= 0.6 is 0 Å². The topological polar surface area (TPSA) is 62.5 Å². The first-order chi connectivity index (χ1) is 13.0. The summed E-state index contributed by atoms with van der Waals surface area (Å²) in [5, 5.41) is 2.84. The molecule has 1 aromatic carbocycles. The Morgan fingerprint density at radius 1 is 1.07 bits per heavy atom. The van der Waals surface area contributed by atoms with Crippen LogP contribution in [0.3, 0.4) is 0 Å². The van der Waals surface area contributed by atoms with E-state index in [1.807, 2.05) is 44.3 Å². The highest BCUT2D eigenvalue weighted by atomic mass is 16.2. The van der Waals surface area contributed by atoms with E-state index in [0.717, 1.165) is 50.5 Å². The Kier molecular flexibility index (Phi) is 6.13. The molecule has 0 radical (unpaired) electrons. The summed E-state index contributed by atoms with van der Waals surface area (Å²) in [6.45, 7) is 9.22. The van der Waals surface area contributed by atoms with Gasteiger partial charge in [-0.15, -0.1) is 0 Å². The molecule has 1 saturated heterocycles. The van der Waals surface area contributed by atoms with Gasteiger partial charge in [0.15, 0.2) is 0 Å². The second kappa shape index (κ2) is 8.54. The molecule has 27 heavy (non-hydrogen) atoms. The Balaban J connectivity index is 1.68. The SMILES string of the molecule is CCCN1CCN(CC(=O)Nc2c(C)n(C)n(-c3ccccc3)c2=O)CC1. The minimum absolute atomic E-state index is 0.134. The van der Waals surface area contributed by atoms with Crippen molar-refractivity contribution in [2.45, 2.75) is 20.3 Å². The molecule has 0 bridgehead atoms. The summed E-state index contributed by atoms with van der Waals surface area (Å²) < 4.78 is 3.35. The molecule has 146 valence electrons. The van der Waals surface area contributed by atoms with E-state index in [2.05, 4.69) is 22.0 Å². The Hall–Kier alpha value is -2.38. The fraction of sp³-hybridized carbons (Fsp3) is 0.500. The van der Waals surface area contributed by atoms with E-state index in [9.17, 15) is 9.59 Å². The van der Waals surface area contributed by atoms with E-state index in [-0.39, 0.29) is 11.5 Å². The van der Waals surface area contributed by atoms with Crippen molar-refractivity contribution in [3.05, 3.63) is 46.4 Å². The Morgan fingerprint density at radius 2 is 1.70 bits per heavy atom. The average molecular weight is 371 g/mol. The number of para-hydroxylation sites is 1. The van der Waals surface area contributed by atoms with Gasteiger partial charge in [-0.3, -0.25) is 19.2 Å². The van der Waals surface area contributed by atoms with Gasteiger partial charge in [-0.05, 0) is 32.0 Å². The van der Waals surface area contributed by atoms with Crippen molar-refractivity contribution in [2.75, 3.05) is 44.6 Å². The molecule has 1 aliphatic rings. The molecule has 2 aromatic rings. The van der Waals surface area contributed by atoms with Crippen molar-refractivity contribution in [1.82, 2.24) is 19.2 Å². The minimum atomic E-state index is -0.206. The first-order valence-electron chi connectivity index (χ1n) is 9.59. The van der Waals surface area contributed by atoms with E-state index in [1.54, 1.807) is 9.36 Å². The molecule has 2 heterocycles. The quantitative estimate of drug-likeness (QED) is 0.835. The molecule has 1 N–H and O–H groups in total. The predicted octanol–water partition coefficient (Wildman–Crippen LogP) is 1.45. The standard InChI is InChI=1S/C20H29N5O2/c1-4-10-23-11-13-24(14-12-23)15-18(26)21-19-16(2)22(3)25(20(19)27)17-8-6-5-7-9-17/h5-9H,4,10-15H2,1-3H3,(H,21,26). The van der Waals surface area contributed by atoms with Gasteiger partial charge in [0.2, 0.25) is 5.91 Å². The van der Waals surface area contributed by atoms with Crippen LogP contribution < -0.4 is 10.9 Å². The first-order valence-corrected chi connectivity index (χ1v) is 9.59. The van der Waals surface area contributed by atoms with Crippen LogP contribution in [0.2, 0.25) is 0 Å². The lowest BCUT2D eigenvalue weighted by molar-refractivity contribution is -0.117. The maximum absolute atomic E-state index is 12.9. The molecule has 0 aliphatic carbocycles. The van der Waals surface area contributed by atoms with Crippen LogP contribution in [-0.4, -0.2) is 64.3 Å². The highest BCUT2D eigenvalue weighted by Gasteiger charge is 2.21. The van der Waals surface area contributed by atoms with Crippen molar-refractivity contribution in [3.63, 3.8) is 0 Å². The van der Waals surface area contributed by atoms with Crippen LogP contribution in [0, 0.1) is 6.92 Å². The van der Waals surface area contributed by atoms with E-state index >= 15 is 0 Å². The highest BCUT2D eigenvalue weighted by molar-refractivity contribution is 5.92. The molecule has 1 amide bonds. The number of benzene rings is 1. The van der Waals surface area contributed by atoms with Gasteiger partial charge >= 0.3 is 0 Å². The maximum Gasteiger partial charge on any atom is 0.295 e. The lowest BCUT2D eigenvalue weighted by Crippen LogP contribution is -2.48. The number of piperazine rings is 1. The van der Waals surface area contributed by atoms with Gasteiger partial charge in [0, 0.05) is 33.2 Å². The zero-order valence-corrected chi connectivity index (χ0v) is 16.4. The van der Waals surface area contributed by atoms with E-state index < -0.39 is 0 Å². The van der Waals surface area contributed by atoms with Crippen LogP contribution in [0.15, 0.2) is 35.1 Å². The van der Waals surface area contributed by atoms with Crippen molar-refractivity contribution >= 4 is 11.6 Å². The smallest absolute Gasteiger partial charge is 0.295 e. The third-order valence-corrected chi connectivity index (χ3v) is 5.19. The number of carbonyl (C=O) groups excluding carboxylic acids is 1. The zero-order chi connectivity index (χ0) is 19.4. The molecule has 0 unspecified atom stereocenters. The van der Waals surface area contributed by atoms with E-state index in [1.165, 1.54) is 0 Å². The number of nitrogens with zero attached hydrogens (tertiary/aromatic N) is 4. The molecule has 1 fully saturated rings. The number of carbonyl (C=O) groups is 1. The first kappa shape index (κ1) is 19.4. The van der Waals surface area contributed by atoms with Gasteiger partial charge in [-0.2, -0.15) is 0 Å². The lowest BCUT2D eigenvalue weighted by atomic mass is 10.3. The van der Waals surface area contributed by atoms with Crippen LogP contribution in [-0.2, 0) is 11.8 Å². The third kappa shape index (κ3) is 4.31. The van der Waals surface area contributed by atoms with Gasteiger partial charge in [0.05, 0.1) is 17.9 Å². The van der Waals surface area contributed by atoms with E-state index in [0.29, 0.717) is 12.2 Å². The maximum atomic E-state index is 12.9. The molecule has 1 aliphatic heterocycles. The molecule has 0 atom stereocenters. The van der Waals surface area contributed by atoms with E-state index in [4.69, 9.17) is 0 Å². The Bertz CT molecular complexity index is 832. The summed E-state index contributed by atoms with van der Waals surface area (Å²) in [4.78, 5) is 30.0. The van der Waals surface area contributed by atoms with Crippen LogP contribution in [0.4, 0.5) is 5.69 Å². The number of hydrogen-bond donors (Lipinski definition) is 1. The van der Waals surface area contributed by atoms with Crippen molar-refractivity contribution < 1.29 is 4.79 Å². The summed E-state index contributed by atoms with van der Waals surface area (Å²) >= 11 is 0. The Labute approximate surface area is 160 Å². The largest absolute Gasteiger partial charge is 0.319 e. The molecule has 0 spiro atoms. The van der Waals surface area contributed by atoms with Crippen molar-refractivity contribution in [3.8, 4) is 5.69 Å². The van der Waals surface area contributed by atoms with Crippen molar-refractivity contribution in [2.24, 2.45) is 7.05 Å². The number of rotatable bonds is 6. The zero-order valence-electron chi connectivity index (χ0n) is 16.4. The molecule has 7 nitrogen and oxygen atoms in total. The van der Waals surface area contributed by atoms with Gasteiger partial charge in [-0.25, -0.2) is 4.68 Å². The monoisotopic (exact) mass is 371 g/mol. The summed E-state index contributed by atoms with van der Waals surface area (Å²) in [7, 11) is 1.83. The minimum Gasteiger partial charge on any atom is -0.319 e. The number of amides is 1. The fourth-order valence-corrected chi connectivity index (χ4v) is 3.58.